The lowest BCUT2D eigenvalue weighted by Gasteiger charge is -2.34. The zero-order valence-electron chi connectivity index (χ0n) is 15.4. The van der Waals surface area contributed by atoms with Crippen LogP contribution in [0.2, 0.25) is 0 Å². The topological polar surface area (TPSA) is 79.8 Å². The van der Waals surface area contributed by atoms with Gasteiger partial charge in [0.1, 0.15) is 0 Å². The van der Waals surface area contributed by atoms with Crippen LogP contribution in [-0.4, -0.2) is 60.5 Å². The minimum Gasteiger partial charge on any atom is -0.454 e. The van der Waals surface area contributed by atoms with Crippen LogP contribution in [0.25, 0.3) is 0 Å². The first kappa shape index (κ1) is 17.5. The smallest absolute Gasteiger partial charge is 0.272 e. The summed E-state index contributed by atoms with van der Waals surface area (Å²) in [5.41, 5.74) is 1.25. The normalized spacial score (nSPS) is 16.4. The molecule has 0 radical (unpaired) electrons. The minimum atomic E-state index is -0.248. The Hall–Kier alpha value is -2.87. The number of piperazine rings is 1. The second-order valence-electron chi connectivity index (χ2n) is 6.57. The van der Waals surface area contributed by atoms with Gasteiger partial charge in [-0.2, -0.15) is 0 Å². The molecule has 1 aromatic carbocycles. The first-order valence-electron chi connectivity index (χ1n) is 9.20. The van der Waals surface area contributed by atoms with Gasteiger partial charge < -0.3 is 24.6 Å². The number of amides is 1. The Balaban J connectivity index is 1.32. The van der Waals surface area contributed by atoms with Gasteiger partial charge in [0.05, 0.1) is 0 Å². The maximum Gasteiger partial charge on any atom is 0.272 e. The van der Waals surface area contributed by atoms with E-state index in [1.165, 1.54) is 0 Å². The van der Waals surface area contributed by atoms with Gasteiger partial charge in [0, 0.05) is 32.7 Å². The molecule has 1 fully saturated rings. The molecule has 3 heterocycles. The van der Waals surface area contributed by atoms with Crippen LogP contribution < -0.4 is 19.7 Å². The summed E-state index contributed by atoms with van der Waals surface area (Å²) in [5.74, 6) is 2.00. The van der Waals surface area contributed by atoms with E-state index in [1.807, 2.05) is 24.3 Å². The van der Waals surface area contributed by atoms with Crippen LogP contribution in [0.4, 0.5) is 5.82 Å². The molecular formula is C19H23N5O3. The van der Waals surface area contributed by atoms with Gasteiger partial charge in [0.2, 0.25) is 6.79 Å². The summed E-state index contributed by atoms with van der Waals surface area (Å²) in [4.78, 5) is 16.9. The summed E-state index contributed by atoms with van der Waals surface area (Å²) < 4.78 is 10.6. The first-order chi connectivity index (χ1) is 13.2. The molecule has 0 bridgehead atoms. The molecular weight excluding hydrogens is 346 g/mol. The van der Waals surface area contributed by atoms with Crippen LogP contribution in [0.5, 0.6) is 11.5 Å². The molecule has 1 saturated heterocycles. The number of nitrogens with one attached hydrogen (secondary N) is 1. The number of benzene rings is 1. The average Bonchev–Trinajstić information content (AvgIpc) is 3.20. The largest absolute Gasteiger partial charge is 0.454 e. The third-order valence-electron chi connectivity index (χ3n) is 4.92. The summed E-state index contributed by atoms with van der Waals surface area (Å²) in [5, 5.41) is 11.2. The Bertz CT molecular complexity index is 803. The number of nitrogens with zero attached hydrogens (tertiary/aromatic N) is 4. The van der Waals surface area contributed by atoms with E-state index in [0.717, 1.165) is 49.9 Å². The fraction of sp³-hybridized carbons (Fsp3) is 0.421. The van der Waals surface area contributed by atoms with Crippen molar-refractivity contribution in [1.82, 2.24) is 20.4 Å². The highest BCUT2D eigenvalue weighted by Crippen LogP contribution is 2.32. The Labute approximate surface area is 158 Å². The monoisotopic (exact) mass is 369 g/mol. The molecule has 0 saturated carbocycles. The summed E-state index contributed by atoms with van der Waals surface area (Å²) in [6.45, 7) is 7.77. The van der Waals surface area contributed by atoms with Crippen molar-refractivity contribution in [3.8, 4) is 11.5 Å². The maximum absolute atomic E-state index is 12.3. The SMILES string of the molecule is CCN1CCN(c2ccc(C(=O)NCc3ccc4c(c3)OCO4)nn2)CC1. The van der Waals surface area contributed by atoms with E-state index < -0.39 is 0 Å². The average molecular weight is 369 g/mol. The number of hydrogen-bond donors (Lipinski definition) is 1. The van der Waals surface area contributed by atoms with E-state index in [1.54, 1.807) is 6.07 Å². The predicted molar refractivity (Wildman–Crippen MR) is 100 cm³/mol. The van der Waals surface area contributed by atoms with Crippen molar-refractivity contribution in [2.75, 3.05) is 44.4 Å². The van der Waals surface area contributed by atoms with Crippen molar-refractivity contribution in [3.05, 3.63) is 41.6 Å². The number of ether oxygens (including phenoxy) is 2. The molecule has 27 heavy (non-hydrogen) atoms. The van der Waals surface area contributed by atoms with Crippen molar-refractivity contribution < 1.29 is 14.3 Å². The standard InChI is InChI=1S/C19H23N5O3/c1-2-23-7-9-24(10-8-23)18-6-4-15(21-22-18)19(25)20-12-14-3-5-16-17(11-14)27-13-26-16/h3-6,11H,2,7-10,12-13H2,1H3,(H,20,25). The number of hydrogen-bond acceptors (Lipinski definition) is 7. The van der Waals surface area contributed by atoms with Crippen LogP contribution in [-0.2, 0) is 6.54 Å². The van der Waals surface area contributed by atoms with E-state index in [4.69, 9.17) is 9.47 Å². The first-order valence-corrected chi connectivity index (χ1v) is 9.20. The molecule has 0 aliphatic carbocycles. The van der Waals surface area contributed by atoms with Gasteiger partial charge in [-0.05, 0) is 36.4 Å². The predicted octanol–water partition coefficient (Wildman–Crippen LogP) is 1.28. The lowest BCUT2D eigenvalue weighted by molar-refractivity contribution is 0.0945. The molecule has 0 unspecified atom stereocenters. The van der Waals surface area contributed by atoms with E-state index in [2.05, 4.69) is 32.2 Å². The fourth-order valence-electron chi connectivity index (χ4n) is 3.23. The van der Waals surface area contributed by atoms with Crippen molar-refractivity contribution in [2.24, 2.45) is 0 Å². The molecule has 2 aromatic rings. The third kappa shape index (κ3) is 3.95. The highest BCUT2D eigenvalue weighted by Gasteiger charge is 2.18. The summed E-state index contributed by atoms with van der Waals surface area (Å²) in [6, 6.07) is 9.20. The van der Waals surface area contributed by atoms with Crippen molar-refractivity contribution in [3.63, 3.8) is 0 Å². The number of anilines is 1. The molecule has 1 amide bonds. The number of rotatable bonds is 5. The Kier molecular flexibility index (Phi) is 5.06. The highest BCUT2D eigenvalue weighted by molar-refractivity contribution is 5.92. The molecule has 1 aromatic heterocycles. The van der Waals surface area contributed by atoms with Gasteiger partial charge in [-0.15, -0.1) is 10.2 Å². The van der Waals surface area contributed by atoms with Crippen molar-refractivity contribution in [2.45, 2.75) is 13.5 Å². The van der Waals surface area contributed by atoms with Gasteiger partial charge in [-0.1, -0.05) is 13.0 Å². The van der Waals surface area contributed by atoms with Crippen LogP contribution in [0.15, 0.2) is 30.3 Å². The summed E-state index contributed by atoms with van der Waals surface area (Å²) in [7, 11) is 0. The molecule has 2 aliphatic heterocycles. The summed E-state index contributed by atoms with van der Waals surface area (Å²) in [6.07, 6.45) is 0. The van der Waals surface area contributed by atoms with Crippen LogP contribution in [0.3, 0.4) is 0 Å². The van der Waals surface area contributed by atoms with Gasteiger partial charge >= 0.3 is 0 Å². The number of carbonyl (C=O) groups excluding carboxylic acids is 1. The lowest BCUT2D eigenvalue weighted by Crippen LogP contribution is -2.46. The number of likely N-dealkylation sites (N-methyl/N-ethyl adjacent to an activating group) is 1. The van der Waals surface area contributed by atoms with Gasteiger partial charge in [0.25, 0.3) is 5.91 Å². The highest BCUT2D eigenvalue weighted by atomic mass is 16.7. The van der Waals surface area contributed by atoms with Gasteiger partial charge in [0.15, 0.2) is 23.0 Å². The zero-order chi connectivity index (χ0) is 18.6. The molecule has 142 valence electrons. The van der Waals surface area contributed by atoms with Gasteiger partial charge in [-0.3, -0.25) is 4.79 Å². The second-order valence-corrected chi connectivity index (χ2v) is 6.57. The Morgan fingerprint density at radius 2 is 1.89 bits per heavy atom. The molecule has 2 aliphatic rings. The van der Waals surface area contributed by atoms with E-state index in [-0.39, 0.29) is 12.7 Å². The molecule has 1 N–H and O–H groups in total. The van der Waals surface area contributed by atoms with E-state index in [9.17, 15) is 4.79 Å². The number of carbonyl (C=O) groups is 1. The van der Waals surface area contributed by atoms with Gasteiger partial charge in [-0.25, -0.2) is 0 Å². The van der Waals surface area contributed by atoms with Crippen LogP contribution in [0, 0.1) is 0 Å². The fourth-order valence-corrected chi connectivity index (χ4v) is 3.23. The summed E-state index contributed by atoms with van der Waals surface area (Å²) >= 11 is 0. The Morgan fingerprint density at radius 3 is 2.63 bits per heavy atom. The zero-order valence-corrected chi connectivity index (χ0v) is 15.4. The molecule has 0 atom stereocenters. The minimum absolute atomic E-state index is 0.237. The number of fused-ring (bicyclic) bond motifs is 1. The quantitative estimate of drug-likeness (QED) is 0.850. The molecule has 8 nitrogen and oxygen atoms in total. The maximum atomic E-state index is 12.3. The van der Waals surface area contributed by atoms with E-state index >= 15 is 0 Å². The van der Waals surface area contributed by atoms with Crippen molar-refractivity contribution >= 4 is 11.7 Å². The lowest BCUT2D eigenvalue weighted by atomic mass is 10.2. The third-order valence-corrected chi connectivity index (χ3v) is 4.92. The number of aromatic nitrogens is 2. The van der Waals surface area contributed by atoms with E-state index in [0.29, 0.717) is 18.0 Å². The molecule has 4 rings (SSSR count). The van der Waals surface area contributed by atoms with Crippen LogP contribution in [0.1, 0.15) is 23.0 Å². The molecule has 0 spiro atoms. The Morgan fingerprint density at radius 1 is 1.07 bits per heavy atom. The van der Waals surface area contributed by atoms with Crippen molar-refractivity contribution in [1.29, 1.82) is 0 Å². The molecule has 8 heteroatoms. The second kappa shape index (κ2) is 7.79. The van der Waals surface area contributed by atoms with Crippen LogP contribution >= 0.6 is 0 Å².